The number of hydrogen-bond donors (Lipinski definition) is 2. The Bertz CT molecular complexity index is 6640. The smallest absolute Gasteiger partial charge is 0.329 e. The van der Waals surface area contributed by atoms with Crippen molar-refractivity contribution in [3.63, 3.8) is 0 Å². The van der Waals surface area contributed by atoms with E-state index in [9.17, 15) is 9.35 Å². The van der Waals surface area contributed by atoms with E-state index in [0.717, 1.165) is 100 Å². The number of carbonyl (C=O) groups excluding carboxylic acids is 2. The quantitative estimate of drug-likeness (QED) is 0.0306. The molecule has 0 aliphatic rings. The second-order valence-electron chi connectivity index (χ2n) is 47.3. The lowest BCUT2D eigenvalue weighted by Gasteiger charge is -2.26. The van der Waals surface area contributed by atoms with Crippen LogP contribution in [-0.4, -0.2) is 35.3 Å². The molecule has 0 unspecified atom stereocenters. The van der Waals surface area contributed by atoms with Crippen LogP contribution < -0.4 is 5.32 Å². The van der Waals surface area contributed by atoms with Crippen molar-refractivity contribution < 1.29 is 18.9 Å². The molecule has 0 aliphatic carbocycles. The van der Waals surface area contributed by atoms with Crippen LogP contribution >= 0.6 is 12.0 Å². The van der Waals surface area contributed by atoms with Gasteiger partial charge in [0.2, 0.25) is 0 Å². The van der Waals surface area contributed by atoms with E-state index in [-0.39, 0.29) is 100 Å². The predicted molar refractivity (Wildman–Crippen MR) is 646 cm³/mol. The van der Waals surface area contributed by atoms with E-state index < -0.39 is 17.9 Å². The second-order valence-corrected chi connectivity index (χ2v) is 47.8. The molecule has 0 heterocycles. The van der Waals surface area contributed by atoms with E-state index in [1.807, 2.05) is 0 Å². The number of carbonyl (C=O) groups is 2. The Labute approximate surface area is 900 Å². The van der Waals surface area contributed by atoms with E-state index in [0.29, 0.717) is 28.7 Å². The van der Waals surface area contributed by atoms with Gasteiger partial charge in [-0.3, -0.25) is 4.79 Å². The fraction of sp³-hybridized carbons (Fsp3) is 0.357. The van der Waals surface area contributed by atoms with Crippen molar-refractivity contribution in [2.75, 3.05) is 12.9 Å². The number of amides is 1. The van der Waals surface area contributed by atoms with Gasteiger partial charge in [0, 0.05) is 0 Å². The van der Waals surface area contributed by atoms with Crippen LogP contribution in [0.25, 0.3) is 156 Å². The topological polar surface area (TPSA) is 75.6 Å². The molecule has 0 aromatic heterocycles. The lowest BCUT2D eigenvalue weighted by Crippen LogP contribution is -2.43. The molecule has 15 aromatic rings. The van der Waals surface area contributed by atoms with Crippen molar-refractivity contribution in [3.05, 3.63) is 368 Å². The standard InChI is InChI=1S/C143H165NO4S/c1-80(2)110-43-34-44-111(81(3)4)133(110)96-61-63-126(130(77-96)139-122(92(25)26)55-40-56-123(139)93(27)28)102-65-98(100-69-106(135-114(84(9)10)47-36-48-115(135)85(11)12)75-107(70-100)136-116(86(13)14)49-37-50-117(136)87(15)16)67-104(73-102)128-59-42-60-129(141(128)142(145)144-132(79-149-147)143(146)148-33)105-68-99(101-71-108(137-118(88(17)18)51-38-52-119(137)89(19)20)76-109(72-101)138-120(90(21)22)53-39-54-121(138)91(23)24)66-103(74-105)127-64-62-97(134-112(82(5)6)45-35-46-113(134)83(7)8)78-131(127)140-124(94(29)30)57-41-58-125(140)95(31)32/h34-78,80-95,132,147H,79H2,1-33H3,(H,144,145)/t132-/m0/s1. The van der Waals surface area contributed by atoms with Crippen molar-refractivity contribution in [1.29, 1.82) is 0 Å². The minimum atomic E-state index is -1.28. The fourth-order valence-electron chi connectivity index (χ4n) is 23.6. The molecule has 0 fully saturated rings. The van der Waals surface area contributed by atoms with Crippen molar-refractivity contribution in [3.8, 4) is 156 Å². The molecule has 1 atom stereocenters. The molecule has 0 saturated carbocycles. The first-order chi connectivity index (χ1) is 70.9. The Morgan fingerprint density at radius 1 is 0.208 bits per heavy atom. The summed E-state index contributed by atoms with van der Waals surface area (Å²) in [5, 5.41) is 3.33. The van der Waals surface area contributed by atoms with Gasteiger partial charge in [0.05, 0.1) is 18.4 Å². The Hall–Kier alpha value is -12.5. The van der Waals surface area contributed by atoms with E-state index in [2.05, 4.69) is 500 Å². The van der Waals surface area contributed by atoms with Crippen LogP contribution in [-0.2, 0) is 9.53 Å². The summed E-state index contributed by atoms with van der Waals surface area (Å²) in [5.74, 6) is 1.63. The molecule has 149 heavy (non-hydrogen) atoms. The van der Waals surface area contributed by atoms with Crippen molar-refractivity contribution >= 4 is 23.9 Å². The highest BCUT2D eigenvalue weighted by molar-refractivity contribution is 7.93. The molecule has 0 spiro atoms. The van der Waals surface area contributed by atoms with Crippen LogP contribution in [0.3, 0.4) is 0 Å². The predicted octanol–water partition coefficient (Wildman–Crippen LogP) is 42.5. The largest absolute Gasteiger partial charge is 0.467 e. The Morgan fingerprint density at radius 3 is 0.584 bits per heavy atom. The van der Waals surface area contributed by atoms with E-state index in [1.165, 1.54) is 141 Å². The number of nitrogens with one attached hydrogen (secondary N) is 1. The summed E-state index contributed by atoms with van der Waals surface area (Å²) in [7, 11) is 1.35. The SMILES string of the molecule is COC(=O)[C@H](CSO)NC(=O)c1c(-c2cc(-c3cc(-c4c(C(C)C)cccc4C(C)C)cc(-c4c(C(C)C)cccc4C(C)C)c3)cc(-c3ccc(-c4c(C(C)C)cccc4C(C)C)cc3-c3c(C(C)C)cccc3C(C)C)c2)cccc1-c1cc(-c2cc(-c3c(C(C)C)cccc3C(C)C)cc(-c3c(C(C)C)cccc3C(C)C)c2)cc(-c2ccc(-c3c(C(C)C)cccc3C(C)C)cc2-c2c(C(C)C)cccc2C(C)C)c1. The van der Waals surface area contributed by atoms with Gasteiger partial charge in [-0.2, -0.15) is 0 Å². The zero-order chi connectivity index (χ0) is 108. The third-order valence-electron chi connectivity index (χ3n) is 31.3. The summed E-state index contributed by atoms with van der Waals surface area (Å²) in [6.07, 6.45) is 0. The van der Waals surface area contributed by atoms with Crippen molar-refractivity contribution in [2.24, 2.45) is 0 Å². The van der Waals surface area contributed by atoms with Crippen LogP contribution in [0.1, 0.15) is 416 Å². The number of methoxy groups -OCH3 is 1. The number of ether oxygens (including phenoxy) is 1. The molecule has 15 aromatic carbocycles. The molecule has 15 rings (SSSR count). The highest BCUT2D eigenvalue weighted by Gasteiger charge is 2.34. The van der Waals surface area contributed by atoms with Crippen LogP contribution in [0.4, 0.5) is 0 Å². The zero-order valence-electron chi connectivity index (χ0n) is 95.6. The molecule has 0 bridgehead atoms. The molecular formula is C143H165NO4S. The van der Waals surface area contributed by atoms with Gasteiger partial charge in [-0.1, -0.05) is 410 Å². The highest BCUT2D eigenvalue weighted by Crippen LogP contribution is 2.55. The third kappa shape index (κ3) is 23.0. The molecule has 0 saturated heterocycles. The van der Waals surface area contributed by atoms with Gasteiger partial charge in [-0.15, -0.1) is 0 Å². The molecular weight excluding hydrogens is 1830 g/mol. The van der Waals surface area contributed by atoms with Gasteiger partial charge >= 0.3 is 5.97 Å². The van der Waals surface area contributed by atoms with Crippen LogP contribution in [0.15, 0.2) is 273 Å². The maximum absolute atomic E-state index is 17.8. The minimum Gasteiger partial charge on any atom is -0.467 e. The molecule has 6 heteroatoms. The van der Waals surface area contributed by atoms with E-state index in [4.69, 9.17) is 4.74 Å². The molecule has 2 N–H and O–H groups in total. The van der Waals surface area contributed by atoms with Gasteiger partial charge in [-0.25, -0.2) is 4.79 Å². The molecule has 772 valence electrons. The first-order valence-corrected chi connectivity index (χ1v) is 56.6. The first kappa shape index (κ1) is 111. The summed E-state index contributed by atoms with van der Waals surface area (Å²) < 4.78 is 16.8. The van der Waals surface area contributed by atoms with Gasteiger partial charge in [-0.05, 0) is 436 Å². The number of esters is 1. The normalized spacial score (nSPS) is 12.3. The van der Waals surface area contributed by atoms with Gasteiger partial charge in [0.25, 0.3) is 5.91 Å². The Kier molecular flexibility index (Phi) is 34.9. The van der Waals surface area contributed by atoms with Crippen LogP contribution in [0.2, 0.25) is 0 Å². The summed E-state index contributed by atoms with van der Waals surface area (Å²) in [6, 6.07) is 105. The van der Waals surface area contributed by atoms with Crippen molar-refractivity contribution in [1.82, 2.24) is 5.32 Å². The molecule has 0 radical (unpaired) electrons. The van der Waals surface area contributed by atoms with Crippen molar-refractivity contribution in [2.45, 2.75) is 322 Å². The number of rotatable bonds is 35. The Balaban J connectivity index is 1.18. The van der Waals surface area contributed by atoms with E-state index in [1.54, 1.807) is 0 Å². The highest BCUT2D eigenvalue weighted by atomic mass is 32.2. The molecule has 1 amide bonds. The maximum atomic E-state index is 17.8. The second kappa shape index (κ2) is 47.0. The molecule has 0 aliphatic heterocycles. The number of hydrogen-bond acceptors (Lipinski definition) is 5. The van der Waals surface area contributed by atoms with Crippen LogP contribution in [0, 0.1) is 0 Å². The monoisotopic (exact) mass is 1990 g/mol. The fourth-order valence-corrected chi connectivity index (χ4v) is 24.0. The van der Waals surface area contributed by atoms with E-state index >= 15 is 4.79 Å². The van der Waals surface area contributed by atoms with Gasteiger partial charge in [0.1, 0.15) is 6.04 Å². The van der Waals surface area contributed by atoms with Crippen LogP contribution in [0.5, 0.6) is 0 Å². The van der Waals surface area contributed by atoms with Gasteiger partial charge in [0.15, 0.2) is 0 Å². The lowest BCUT2D eigenvalue weighted by atomic mass is 9.78. The van der Waals surface area contributed by atoms with Gasteiger partial charge < -0.3 is 14.6 Å². The zero-order valence-corrected chi connectivity index (χ0v) is 96.4. The third-order valence-corrected chi connectivity index (χ3v) is 31.7. The Morgan fingerprint density at radius 2 is 0.383 bits per heavy atom. The lowest BCUT2D eigenvalue weighted by molar-refractivity contribution is -0.142. The minimum absolute atomic E-state index is 0.140. The summed E-state index contributed by atoms with van der Waals surface area (Å²) >= 11 is 0.507. The first-order valence-electron chi connectivity index (χ1n) is 55.7. The summed E-state index contributed by atoms with van der Waals surface area (Å²) in [6.45, 7) is 74.6. The number of benzene rings is 15. The summed E-state index contributed by atoms with van der Waals surface area (Å²) in [4.78, 5) is 32.6. The average molecular weight is 1990 g/mol. The maximum Gasteiger partial charge on any atom is 0.329 e. The summed E-state index contributed by atoms with van der Waals surface area (Å²) in [5.41, 5.74) is 50.9. The molecule has 5 nitrogen and oxygen atoms in total. The average Bonchev–Trinajstić information content (AvgIpc) is 0.713.